The van der Waals surface area contributed by atoms with Crippen molar-refractivity contribution in [1.82, 2.24) is 10.6 Å². The molecule has 0 atom stereocenters. The molecule has 0 aliphatic rings. The van der Waals surface area contributed by atoms with Crippen LogP contribution in [-0.2, 0) is 11.2 Å². The first-order chi connectivity index (χ1) is 8.72. The van der Waals surface area contributed by atoms with E-state index in [0.717, 1.165) is 6.42 Å². The molecule has 1 aromatic heterocycles. The van der Waals surface area contributed by atoms with E-state index in [9.17, 15) is 4.79 Å². The minimum atomic E-state index is -0.240. The molecule has 0 aliphatic heterocycles. The lowest BCUT2D eigenvalue weighted by Crippen LogP contribution is -2.35. The number of thiophene rings is 1. The number of hydrogen-bond donors (Lipinski definition) is 3. The van der Waals surface area contributed by atoms with Crippen molar-refractivity contribution >= 4 is 47.2 Å². The van der Waals surface area contributed by atoms with Crippen LogP contribution in [0.15, 0.2) is 22.5 Å². The van der Waals surface area contributed by atoms with Gasteiger partial charge in [0.15, 0.2) is 5.96 Å². The number of aliphatic imine (C=N–C) groups is 1. The monoisotopic (exact) mass is 392 g/mol. The van der Waals surface area contributed by atoms with Crippen molar-refractivity contribution in [2.75, 3.05) is 19.6 Å². The highest BCUT2D eigenvalue weighted by Crippen LogP contribution is 2.07. The molecule has 0 saturated carbocycles. The number of hydrogen-bond acceptors (Lipinski definition) is 3. The molecule has 4 N–H and O–H groups in total. The van der Waals surface area contributed by atoms with E-state index in [1.54, 1.807) is 11.3 Å². The van der Waals surface area contributed by atoms with Gasteiger partial charge in [-0.1, -0.05) is 12.0 Å². The fourth-order valence-electron chi connectivity index (χ4n) is 1.19. The minimum Gasteiger partial charge on any atom is -0.370 e. The molecule has 1 rings (SSSR count). The van der Waals surface area contributed by atoms with Crippen molar-refractivity contribution in [3.63, 3.8) is 0 Å². The van der Waals surface area contributed by atoms with Gasteiger partial charge in [-0.05, 0) is 17.9 Å². The summed E-state index contributed by atoms with van der Waals surface area (Å²) < 4.78 is 0. The van der Waals surface area contributed by atoms with Crippen LogP contribution in [0.3, 0.4) is 0 Å². The van der Waals surface area contributed by atoms with Gasteiger partial charge in [-0.3, -0.25) is 4.79 Å². The second kappa shape index (κ2) is 10.6. The second-order valence-electron chi connectivity index (χ2n) is 3.44. The molecular weight excluding hydrogens is 375 g/mol. The van der Waals surface area contributed by atoms with Crippen LogP contribution in [0, 0.1) is 12.3 Å². The quantitative estimate of drug-likeness (QED) is 0.287. The van der Waals surface area contributed by atoms with E-state index in [0.29, 0.717) is 6.54 Å². The molecule has 1 aromatic rings. The van der Waals surface area contributed by atoms with E-state index < -0.39 is 0 Å². The summed E-state index contributed by atoms with van der Waals surface area (Å²) in [5.74, 6) is 2.34. The lowest BCUT2D eigenvalue weighted by atomic mass is 10.3. The Bertz CT molecular complexity index is 439. The van der Waals surface area contributed by atoms with Crippen molar-refractivity contribution < 1.29 is 4.79 Å². The van der Waals surface area contributed by atoms with Crippen molar-refractivity contribution in [1.29, 1.82) is 0 Å². The molecule has 0 aliphatic carbocycles. The summed E-state index contributed by atoms with van der Waals surface area (Å²) in [5.41, 5.74) is 5.61. The van der Waals surface area contributed by atoms with Gasteiger partial charge < -0.3 is 16.4 Å². The van der Waals surface area contributed by atoms with Gasteiger partial charge in [0, 0.05) is 11.4 Å². The maximum absolute atomic E-state index is 11.2. The number of nitrogens with one attached hydrogen (secondary N) is 2. The summed E-state index contributed by atoms with van der Waals surface area (Å²) in [6.07, 6.45) is 5.89. The van der Waals surface area contributed by atoms with Gasteiger partial charge in [-0.15, -0.1) is 41.7 Å². The molecule has 1 amide bonds. The summed E-state index contributed by atoms with van der Waals surface area (Å²) in [7, 11) is 0. The van der Waals surface area contributed by atoms with Crippen LogP contribution >= 0.6 is 35.3 Å². The SMILES string of the molecule is C#CCNC(=O)CN=C(N)NCCc1cccs1.I. The fraction of sp³-hybridized carbons (Fsp3) is 0.333. The molecule has 0 unspecified atom stereocenters. The van der Waals surface area contributed by atoms with Crippen LogP contribution in [0.4, 0.5) is 0 Å². The van der Waals surface area contributed by atoms with Crippen molar-refractivity contribution in [2.45, 2.75) is 6.42 Å². The van der Waals surface area contributed by atoms with Gasteiger partial charge in [-0.25, -0.2) is 4.99 Å². The molecule has 0 aromatic carbocycles. The normalized spacial score (nSPS) is 10.2. The summed E-state index contributed by atoms with van der Waals surface area (Å²) in [4.78, 5) is 16.4. The zero-order chi connectivity index (χ0) is 13.2. The number of rotatable bonds is 6. The van der Waals surface area contributed by atoms with Gasteiger partial charge >= 0.3 is 0 Å². The smallest absolute Gasteiger partial charge is 0.242 e. The highest BCUT2D eigenvalue weighted by molar-refractivity contribution is 14.0. The van der Waals surface area contributed by atoms with E-state index in [1.165, 1.54) is 4.88 Å². The average molecular weight is 392 g/mol. The zero-order valence-corrected chi connectivity index (χ0v) is 13.5. The number of amides is 1. The zero-order valence-electron chi connectivity index (χ0n) is 10.4. The predicted molar refractivity (Wildman–Crippen MR) is 89.8 cm³/mol. The predicted octanol–water partition coefficient (Wildman–Crippen LogP) is 0.562. The molecule has 19 heavy (non-hydrogen) atoms. The maximum Gasteiger partial charge on any atom is 0.242 e. The largest absolute Gasteiger partial charge is 0.370 e. The Balaban J connectivity index is 0.00000324. The Hall–Kier alpha value is -1.27. The number of halogens is 1. The van der Waals surface area contributed by atoms with E-state index in [4.69, 9.17) is 12.2 Å². The Kier molecular flexibility index (Phi) is 9.92. The first-order valence-corrected chi connectivity index (χ1v) is 6.36. The summed E-state index contributed by atoms with van der Waals surface area (Å²) >= 11 is 1.70. The second-order valence-corrected chi connectivity index (χ2v) is 4.47. The standard InChI is InChI=1S/C12H16N4OS.HI/c1-2-6-14-11(17)9-16-12(13)15-7-5-10-4-3-8-18-10;/h1,3-4,8H,5-7,9H2,(H,14,17)(H3,13,15,16);1H. The Morgan fingerprint density at radius 1 is 1.53 bits per heavy atom. The number of terminal acetylenes is 1. The van der Waals surface area contributed by atoms with E-state index >= 15 is 0 Å². The summed E-state index contributed by atoms with van der Waals surface area (Å²) in [6.45, 7) is 0.890. The third-order valence-electron chi connectivity index (χ3n) is 2.04. The number of nitrogens with zero attached hydrogens (tertiary/aromatic N) is 1. The lowest BCUT2D eigenvalue weighted by molar-refractivity contribution is -0.119. The van der Waals surface area contributed by atoms with Gasteiger partial charge in [0.2, 0.25) is 5.91 Å². The van der Waals surface area contributed by atoms with Crippen LogP contribution in [-0.4, -0.2) is 31.5 Å². The molecule has 1 heterocycles. The van der Waals surface area contributed by atoms with Crippen molar-refractivity contribution in [3.05, 3.63) is 22.4 Å². The van der Waals surface area contributed by atoms with Crippen LogP contribution in [0.1, 0.15) is 4.88 Å². The third-order valence-corrected chi connectivity index (χ3v) is 2.97. The minimum absolute atomic E-state index is 0. The molecule has 5 nitrogen and oxygen atoms in total. The molecule has 0 radical (unpaired) electrons. The number of carbonyl (C=O) groups excluding carboxylic acids is 1. The van der Waals surface area contributed by atoms with E-state index in [-0.39, 0.29) is 48.9 Å². The highest BCUT2D eigenvalue weighted by atomic mass is 127. The van der Waals surface area contributed by atoms with E-state index in [1.807, 2.05) is 11.4 Å². The molecule has 0 saturated heterocycles. The van der Waals surface area contributed by atoms with Gasteiger partial charge in [0.25, 0.3) is 0 Å². The Morgan fingerprint density at radius 3 is 2.95 bits per heavy atom. The number of guanidine groups is 1. The van der Waals surface area contributed by atoms with Crippen LogP contribution in [0.2, 0.25) is 0 Å². The Labute approximate surface area is 134 Å². The van der Waals surface area contributed by atoms with Gasteiger partial charge in [-0.2, -0.15) is 0 Å². The molecule has 0 bridgehead atoms. The van der Waals surface area contributed by atoms with Gasteiger partial charge in [0.05, 0.1) is 6.54 Å². The van der Waals surface area contributed by atoms with Crippen LogP contribution in [0.5, 0.6) is 0 Å². The lowest BCUT2D eigenvalue weighted by Gasteiger charge is -2.04. The average Bonchev–Trinajstić information content (AvgIpc) is 2.87. The summed E-state index contributed by atoms with van der Waals surface area (Å²) in [5, 5.41) is 7.48. The number of nitrogens with two attached hydrogens (primary N) is 1. The van der Waals surface area contributed by atoms with Crippen LogP contribution < -0.4 is 16.4 Å². The molecule has 0 fully saturated rings. The topological polar surface area (TPSA) is 79.5 Å². The first kappa shape index (κ1) is 17.7. The summed E-state index contributed by atoms with van der Waals surface area (Å²) in [6, 6.07) is 4.07. The van der Waals surface area contributed by atoms with Crippen molar-refractivity contribution in [2.24, 2.45) is 10.7 Å². The first-order valence-electron chi connectivity index (χ1n) is 5.48. The molecule has 7 heteroatoms. The van der Waals surface area contributed by atoms with Crippen molar-refractivity contribution in [3.8, 4) is 12.3 Å². The Morgan fingerprint density at radius 2 is 2.32 bits per heavy atom. The van der Waals surface area contributed by atoms with Gasteiger partial charge in [0.1, 0.15) is 6.54 Å². The highest BCUT2D eigenvalue weighted by Gasteiger charge is 1.99. The molecule has 104 valence electrons. The molecular formula is C12H17IN4OS. The van der Waals surface area contributed by atoms with E-state index in [2.05, 4.69) is 27.6 Å². The maximum atomic E-state index is 11.2. The molecule has 0 spiro atoms. The number of carbonyl (C=O) groups is 1. The third kappa shape index (κ3) is 8.45. The van der Waals surface area contributed by atoms with Crippen LogP contribution in [0.25, 0.3) is 0 Å². The fourth-order valence-corrected chi connectivity index (χ4v) is 1.90.